The minimum absolute atomic E-state index is 0.0384. The maximum absolute atomic E-state index is 12.3. The molecule has 1 fully saturated rings. The average molecular weight is 282 g/mol. The highest BCUT2D eigenvalue weighted by Crippen LogP contribution is 2.35. The molecule has 0 spiro atoms. The first-order valence-electron chi connectivity index (χ1n) is 6.47. The molecule has 0 aromatic carbocycles. The minimum atomic E-state index is -3.30. The summed E-state index contributed by atoms with van der Waals surface area (Å²) in [5.74, 6) is 1.55. The summed E-state index contributed by atoms with van der Waals surface area (Å²) < 4.78 is 31.6. The Hall–Kier alpha value is -1.32. The Balaban J connectivity index is 2.12. The Labute approximate surface area is 113 Å². The zero-order valence-corrected chi connectivity index (χ0v) is 11.8. The van der Waals surface area contributed by atoms with E-state index in [1.54, 1.807) is 0 Å². The number of rotatable bonds is 5. The molecule has 5 nitrogen and oxygen atoms in total. The van der Waals surface area contributed by atoms with Gasteiger partial charge in [-0.05, 0) is 38.3 Å². The smallest absolute Gasteiger partial charge is 0.214 e. The molecule has 0 aliphatic carbocycles. The lowest BCUT2D eigenvalue weighted by Crippen LogP contribution is -2.32. The van der Waals surface area contributed by atoms with Crippen LogP contribution < -0.4 is 0 Å². The Morgan fingerprint density at radius 3 is 2.95 bits per heavy atom. The Morgan fingerprint density at radius 1 is 1.53 bits per heavy atom. The van der Waals surface area contributed by atoms with Crippen LogP contribution in [-0.4, -0.2) is 25.0 Å². The van der Waals surface area contributed by atoms with Gasteiger partial charge in [-0.15, -0.1) is 0 Å². The summed E-state index contributed by atoms with van der Waals surface area (Å²) in [4.78, 5) is 0. The van der Waals surface area contributed by atoms with E-state index >= 15 is 0 Å². The Bertz CT molecular complexity index is 571. The van der Waals surface area contributed by atoms with Crippen LogP contribution in [-0.2, 0) is 10.0 Å². The zero-order chi connectivity index (χ0) is 13.9. The number of hydrogen-bond donors (Lipinski definition) is 0. The summed E-state index contributed by atoms with van der Waals surface area (Å²) in [5.41, 5.74) is 0. The highest BCUT2D eigenvalue weighted by atomic mass is 32.2. The fraction of sp³-hybridized carbons (Fsp3) is 0.615. The molecule has 1 atom stereocenters. The maximum atomic E-state index is 12.3. The molecule has 19 heavy (non-hydrogen) atoms. The molecule has 0 saturated carbocycles. The second-order valence-electron chi connectivity index (χ2n) is 4.79. The van der Waals surface area contributed by atoms with Gasteiger partial charge in [0, 0.05) is 13.0 Å². The van der Waals surface area contributed by atoms with Gasteiger partial charge >= 0.3 is 0 Å². The second-order valence-corrected chi connectivity index (χ2v) is 6.84. The third-order valence-electron chi connectivity index (χ3n) is 3.34. The summed E-state index contributed by atoms with van der Waals surface area (Å²) >= 11 is 0. The molecule has 0 amide bonds. The molecule has 0 unspecified atom stereocenters. The minimum Gasteiger partial charge on any atom is -0.465 e. The molecule has 2 rings (SSSR count). The van der Waals surface area contributed by atoms with E-state index in [1.807, 2.05) is 25.1 Å². The van der Waals surface area contributed by atoms with Gasteiger partial charge in [0.15, 0.2) is 0 Å². The third kappa shape index (κ3) is 3.17. The van der Waals surface area contributed by atoms with E-state index in [0.717, 1.165) is 24.4 Å². The monoisotopic (exact) mass is 282 g/mol. The molecular formula is C13H18N2O3S. The number of sulfonamides is 1. The predicted octanol–water partition coefficient (Wildman–Crippen LogP) is 2.36. The van der Waals surface area contributed by atoms with Crippen LogP contribution in [0.2, 0.25) is 0 Å². The summed E-state index contributed by atoms with van der Waals surface area (Å²) in [6.07, 6.45) is 2.31. The largest absolute Gasteiger partial charge is 0.465 e. The van der Waals surface area contributed by atoms with Gasteiger partial charge in [-0.3, -0.25) is 0 Å². The lowest BCUT2D eigenvalue weighted by atomic mass is 10.2. The van der Waals surface area contributed by atoms with Gasteiger partial charge in [0.2, 0.25) is 10.0 Å². The first kappa shape index (κ1) is 14.1. The molecule has 1 saturated heterocycles. The van der Waals surface area contributed by atoms with Gasteiger partial charge in [-0.1, -0.05) is 0 Å². The van der Waals surface area contributed by atoms with E-state index < -0.39 is 10.0 Å². The molecule has 1 aliphatic heterocycles. The van der Waals surface area contributed by atoms with E-state index in [2.05, 4.69) is 0 Å². The van der Waals surface area contributed by atoms with Crippen molar-refractivity contribution in [1.82, 2.24) is 4.31 Å². The van der Waals surface area contributed by atoms with Crippen molar-refractivity contribution in [2.45, 2.75) is 38.6 Å². The third-order valence-corrected chi connectivity index (χ3v) is 5.30. The summed E-state index contributed by atoms with van der Waals surface area (Å²) in [5, 5.41) is 8.49. The number of furan rings is 1. The van der Waals surface area contributed by atoms with Gasteiger partial charge in [0.1, 0.15) is 11.5 Å². The molecule has 1 aliphatic rings. The number of aryl methyl sites for hydroxylation is 1. The number of hydrogen-bond acceptors (Lipinski definition) is 4. The quantitative estimate of drug-likeness (QED) is 0.777. The Kier molecular flexibility index (Phi) is 4.27. The van der Waals surface area contributed by atoms with E-state index in [4.69, 9.17) is 9.68 Å². The molecule has 0 N–H and O–H groups in total. The molecule has 1 aromatic heterocycles. The van der Waals surface area contributed by atoms with E-state index in [1.165, 1.54) is 4.31 Å². The van der Waals surface area contributed by atoms with Crippen LogP contribution in [0.4, 0.5) is 0 Å². The molecule has 0 radical (unpaired) electrons. The van der Waals surface area contributed by atoms with Gasteiger partial charge in [-0.2, -0.15) is 9.57 Å². The maximum Gasteiger partial charge on any atom is 0.214 e. The van der Waals surface area contributed by atoms with Crippen molar-refractivity contribution in [3.63, 3.8) is 0 Å². The van der Waals surface area contributed by atoms with E-state index in [-0.39, 0.29) is 18.2 Å². The second kappa shape index (κ2) is 5.76. The van der Waals surface area contributed by atoms with Crippen LogP contribution in [0.5, 0.6) is 0 Å². The van der Waals surface area contributed by atoms with Gasteiger partial charge < -0.3 is 4.42 Å². The fourth-order valence-electron chi connectivity index (χ4n) is 2.44. The van der Waals surface area contributed by atoms with Crippen LogP contribution >= 0.6 is 0 Å². The molecular weight excluding hydrogens is 264 g/mol. The molecule has 1 aromatic rings. The van der Waals surface area contributed by atoms with Crippen molar-refractivity contribution < 1.29 is 12.8 Å². The summed E-state index contributed by atoms with van der Waals surface area (Å²) in [6, 6.07) is 5.50. The standard InChI is InChI=1S/C13H18N2O3S/c1-11-6-7-13(18-11)12-5-4-9-15(12)19(16,17)10-3-2-8-14/h6-7,12H,2-5,9-10H2,1H3/t12-/m1/s1. The van der Waals surface area contributed by atoms with Crippen molar-refractivity contribution in [3.8, 4) is 6.07 Å². The fourth-order valence-corrected chi connectivity index (χ4v) is 4.19. The molecule has 0 bridgehead atoms. The van der Waals surface area contributed by atoms with Crippen molar-refractivity contribution >= 4 is 10.0 Å². The van der Waals surface area contributed by atoms with E-state index in [9.17, 15) is 8.42 Å². The summed E-state index contributed by atoms with van der Waals surface area (Å²) in [7, 11) is -3.30. The molecule has 6 heteroatoms. The highest BCUT2D eigenvalue weighted by molar-refractivity contribution is 7.89. The zero-order valence-electron chi connectivity index (χ0n) is 11.0. The first-order chi connectivity index (χ1) is 9.04. The summed E-state index contributed by atoms with van der Waals surface area (Å²) in [6.45, 7) is 2.39. The van der Waals surface area contributed by atoms with Crippen LogP contribution in [0, 0.1) is 18.3 Å². The van der Waals surface area contributed by atoms with Crippen LogP contribution in [0.3, 0.4) is 0 Å². The van der Waals surface area contributed by atoms with Gasteiger partial charge in [0.05, 0.1) is 17.9 Å². The van der Waals surface area contributed by atoms with E-state index in [0.29, 0.717) is 13.0 Å². The average Bonchev–Trinajstić information content (AvgIpc) is 2.97. The lowest BCUT2D eigenvalue weighted by Gasteiger charge is -2.22. The van der Waals surface area contributed by atoms with Crippen LogP contribution in [0.25, 0.3) is 0 Å². The SMILES string of the molecule is Cc1ccc([C@H]2CCCN2S(=O)(=O)CCCC#N)o1. The number of unbranched alkanes of at least 4 members (excludes halogenated alkanes) is 1. The highest BCUT2D eigenvalue weighted by Gasteiger charge is 2.36. The van der Waals surface area contributed by atoms with Crippen molar-refractivity contribution in [3.05, 3.63) is 23.7 Å². The first-order valence-corrected chi connectivity index (χ1v) is 8.08. The predicted molar refractivity (Wildman–Crippen MR) is 70.8 cm³/mol. The molecule has 104 valence electrons. The Morgan fingerprint density at radius 2 is 2.32 bits per heavy atom. The van der Waals surface area contributed by atoms with Crippen LogP contribution in [0.15, 0.2) is 16.5 Å². The number of nitriles is 1. The van der Waals surface area contributed by atoms with Crippen molar-refractivity contribution in [2.24, 2.45) is 0 Å². The number of nitrogens with zero attached hydrogens (tertiary/aromatic N) is 2. The topological polar surface area (TPSA) is 74.3 Å². The van der Waals surface area contributed by atoms with Crippen LogP contribution in [0.1, 0.15) is 43.2 Å². The normalized spacial score (nSPS) is 20.5. The van der Waals surface area contributed by atoms with Gasteiger partial charge in [-0.25, -0.2) is 8.42 Å². The lowest BCUT2D eigenvalue weighted by molar-refractivity contribution is 0.334. The van der Waals surface area contributed by atoms with Crippen molar-refractivity contribution in [1.29, 1.82) is 5.26 Å². The molecule has 2 heterocycles. The van der Waals surface area contributed by atoms with Gasteiger partial charge in [0.25, 0.3) is 0 Å². The van der Waals surface area contributed by atoms with Crippen molar-refractivity contribution in [2.75, 3.05) is 12.3 Å².